The molecule has 1 fully saturated rings. The molecule has 4 aromatic rings. The number of methoxy groups -OCH3 is 2. The van der Waals surface area contributed by atoms with Gasteiger partial charge in [-0.05, 0) is 61.7 Å². The molecule has 10 nitrogen and oxygen atoms in total. The number of rotatable bonds is 11. The summed E-state index contributed by atoms with van der Waals surface area (Å²) in [6.07, 6.45) is 0.717. The van der Waals surface area contributed by atoms with E-state index in [1.807, 2.05) is 78.9 Å². The Kier molecular flexibility index (Phi) is 9.59. The van der Waals surface area contributed by atoms with E-state index in [1.165, 1.54) is 10.8 Å². The van der Waals surface area contributed by atoms with E-state index in [-0.39, 0.29) is 19.3 Å². The van der Waals surface area contributed by atoms with Crippen LogP contribution in [0.5, 0.6) is 11.5 Å². The van der Waals surface area contributed by atoms with Crippen molar-refractivity contribution in [1.82, 2.24) is 14.5 Å². The zero-order chi connectivity index (χ0) is 32.2. The zero-order valence-electron chi connectivity index (χ0n) is 26.4. The first-order chi connectivity index (χ1) is 21.6. The SMILES string of the molecule is COc1ccc(C(OC[C@]2(CO)CN(C(C)C)C[C@H](n3cc(C)c(=O)[nH]c3=O)O2)(c2ccccc2)c2ccc(OC)cc2)cc1. The van der Waals surface area contributed by atoms with Gasteiger partial charge in [0.15, 0.2) is 6.23 Å². The topological polar surface area (TPSA) is 115 Å². The molecule has 2 N–H and O–H groups in total. The molecule has 1 aromatic heterocycles. The highest BCUT2D eigenvalue weighted by Gasteiger charge is 2.46. The molecule has 0 amide bonds. The lowest BCUT2D eigenvalue weighted by Crippen LogP contribution is -2.61. The molecule has 1 saturated heterocycles. The molecule has 10 heteroatoms. The van der Waals surface area contributed by atoms with Crippen molar-refractivity contribution in [2.45, 2.75) is 44.2 Å². The van der Waals surface area contributed by atoms with E-state index < -0.39 is 28.7 Å². The number of ether oxygens (including phenoxy) is 4. The first-order valence-electron chi connectivity index (χ1n) is 15.0. The van der Waals surface area contributed by atoms with Gasteiger partial charge in [0.1, 0.15) is 22.7 Å². The Balaban J connectivity index is 1.63. The van der Waals surface area contributed by atoms with Gasteiger partial charge < -0.3 is 24.1 Å². The van der Waals surface area contributed by atoms with E-state index in [0.29, 0.717) is 30.2 Å². The van der Waals surface area contributed by atoms with Gasteiger partial charge in [0.2, 0.25) is 0 Å². The van der Waals surface area contributed by atoms with Crippen molar-refractivity contribution >= 4 is 0 Å². The number of nitrogens with one attached hydrogen (secondary N) is 1. The summed E-state index contributed by atoms with van der Waals surface area (Å²) in [7, 11) is 3.24. The third-order valence-corrected chi connectivity index (χ3v) is 8.47. The summed E-state index contributed by atoms with van der Waals surface area (Å²) in [4.78, 5) is 29.6. The molecule has 2 heterocycles. The van der Waals surface area contributed by atoms with E-state index in [1.54, 1.807) is 21.1 Å². The van der Waals surface area contributed by atoms with E-state index in [4.69, 9.17) is 18.9 Å². The molecule has 0 saturated carbocycles. The third-order valence-electron chi connectivity index (χ3n) is 8.47. The average molecular weight is 616 g/mol. The largest absolute Gasteiger partial charge is 0.497 e. The highest BCUT2D eigenvalue weighted by atomic mass is 16.6. The molecular weight excluding hydrogens is 574 g/mol. The number of aliphatic hydroxyl groups excluding tert-OH is 1. The number of H-pyrrole nitrogens is 1. The molecule has 3 aromatic carbocycles. The first kappa shape index (κ1) is 32.2. The van der Waals surface area contributed by atoms with Crippen LogP contribution in [0, 0.1) is 6.92 Å². The molecule has 45 heavy (non-hydrogen) atoms. The van der Waals surface area contributed by atoms with Crippen LogP contribution in [0.25, 0.3) is 0 Å². The molecule has 0 aliphatic carbocycles. The predicted octanol–water partition coefficient (Wildman–Crippen LogP) is 3.84. The normalized spacial score (nSPS) is 19.0. The summed E-state index contributed by atoms with van der Waals surface area (Å²) in [5.41, 5.74) is -0.453. The van der Waals surface area contributed by atoms with Crippen molar-refractivity contribution in [1.29, 1.82) is 0 Å². The summed E-state index contributed by atoms with van der Waals surface area (Å²) < 4.78 is 26.0. The molecule has 238 valence electrons. The van der Waals surface area contributed by atoms with Crippen molar-refractivity contribution in [3.05, 3.63) is 128 Å². The zero-order valence-corrected chi connectivity index (χ0v) is 26.4. The number of morpholine rings is 1. The van der Waals surface area contributed by atoms with Crippen LogP contribution in [0.4, 0.5) is 0 Å². The number of aryl methyl sites for hydroxylation is 1. The fraction of sp³-hybridized carbons (Fsp3) is 0.371. The first-order valence-corrected chi connectivity index (χ1v) is 15.0. The van der Waals surface area contributed by atoms with Gasteiger partial charge >= 0.3 is 5.69 Å². The van der Waals surface area contributed by atoms with Gasteiger partial charge in [-0.25, -0.2) is 4.79 Å². The van der Waals surface area contributed by atoms with E-state index in [2.05, 4.69) is 23.7 Å². The number of hydrogen-bond acceptors (Lipinski definition) is 8. The number of aromatic nitrogens is 2. The fourth-order valence-electron chi connectivity index (χ4n) is 5.86. The quantitative estimate of drug-likeness (QED) is 0.245. The monoisotopic (exact) mass is 615 g/mol. The fourth-order valence-corrected chi connectivity index (χ4v) is 5.86. The highest BCUT2D eigenvalue weighted by Crippen LogP contribution is 2.43. The predicted molar refractivity (Wildman–Crippen MR) is 171 cm³/mol. The van der Waals surface area contributed by atoms with Crippen molar-refractivity contribution in [2.75, 3.05) is 40.5 Å². The molecule has 0 radical (unpaired) electrons. The van der Waals surface area contributed by atoms with Gasteiger partial charge in [-0.1, -0.05) is 54.6 Å². The molecule has 0 unspecified atom stereocenters. The Morgan fingerprint density at radius 3 is 2.00 bits per heavy atom. The minimum atomic E-state index is -1.23. The molecular formula is C35H41N3O7. The Labute approximate surface area is 262 Å². The van der Waals surface area contributed by atoms with Crippen LogP contribution >= 0.6 is 0 Å². The summed E-state index contributed by atoms with van der Waals surface area (Å²) >= 11 is 0. The molecule has 2 atom stereocenters. The number of nitrogens with zero attached hydrogens (tertiary/aromatic N) is 2. The van der Waals surface area contributed by atoms with Crippen molar-refractivity contribution < 1.29 is 24.1 Å². The summed E-state index contributed by atoms with van der Waals surface area (Å²) in [5.74, 6) is 1.41. The Morgan fingerprint density at radius 2 is 1.49 bits per heavy atom. The average Bonchev–Trinajstić information content (AvgIpc) is 3.07. The van der Waals surface area contributed by atoms with Gasteiger partial charge in [-0.15, -0.1) is 0 Å². The highest BCUT2D eigenvalue weighted by molar-refractivity contribution is 5.49. The Morgan fingerprint density at radius 1 is 0.933 bits per heavy atom. The third kappa shape index (κ3) is 6.46. The van der Waals surface area contributed by atoms with Crippen LogP contribution < -0.4 is 20.7 Å². The van der Waals surface area contributed by atoms with Gasteiger partial charge in [0.25, 0.3) is 5.56 Å². The Bertz CT molecular complexity index is 1640. The summed E-state index contributed by atoms with van der Waals surface area (Å²) in [5, 5.41) is 11.0. The number of aromatic amines is 1. The lowest BCUT2D eigenvalue weighted by molar-refractivity contribution is -0.234. The van der Waals surface area contributed by atoms with Crippen LogP contribution in [0.1, 0.15) is 42.3 Å². The molecule has 0 bridgehead atoms. The van der Waals surface area contributed by atoms with Crippen LogP contribution in [-0.4, -0.2) is 71.7 Å². The van der Waals surface area contributed by atoms with Crippen molar-refractivity contribution in [3.8, 4) is 11.5 Å². The van der Waals surface area contributed by atoms with Gasteiger partial charge in [0.05, 0.1) is 27.4 Å². The number of benzene rings is 3. The van der Waals surface area contributed by atoms with E-state index >= 15 is 0 Å². The smallest absolute Gasteiger partial charge is 0.330 e. The standard InChI is InChI=1S/C35H41N3O7/c1-24(2)37-20-31(38-19-25(3)32(40)36-33(38)41)45-34(21-37,22-39)23-44-35(26-9-7-6-8-10-26,27-11-15-29(42-4)16-12-27)28-13-17-30(43-5)18-14-28/h6-19,24,31,39H,20-23H2,1-5H3,(H,36,40,41)/t31-,34-/m1/s1. The summed E-state index contributed by atoms with van der Waals surface area (Å²) in [6, 6.07) is 25.4. The van der Waals surface area contributed by atoms with Crippen LogP contribution in [-0.2, 0) is 15.1 Å². The second-order valence-corrected chi connectivity index (χ2v) is 11.7. The molecule has 0 spiro atoms. The van der Waals surface area contributed by atoms with Gasteiger partial charge in [-0.3, -0.25) is 19.2 Å². The maximum Gasteiger partial charge on any atom is 0.330 e. The lowest BCUT2D eigenvalue weighted by Gasteiger charge is -2.48. The number of aliphatic hydroxyl groups is 1. The van der Waals surface area contributed by atoms with Crippen LogP contribution in [0.2, 0.25) is 0 Å². The van der Waals surface area contributed by atoms with Crippen LogP contribution in [0.3, 0.4) is 0 Å². The van der Waals surface area contributed by atoms with Crippen molar-refractivity contribution in [3.63, 3.8) is 0 Å². The molecule has 1 aliphatic heterocycles. The second-order valence-electron chi connectivity index (χ2n) is 11.7. The maximum absolute atomic E-state index is 12.9. The summed E-state index contributed by atoms with van der Waals surface area (Å²) in [6.45, 7) is 6.06. The van der Waals surface area contributed by atoms with Crippen LogP contribution in [0.15, 0.2) is 94.6 Å². The minimum Gasteiger partial charge on any atom is -0.497 e. The van der Waals surface area contributed by atoms with E-state index in [0.717, 1.165) is 16.7 Å². The van der Waals surface area contributed by atoms with Gasteiger partial charge in [0, 0.05) is 30.9 Å². The minimum absolute atomic E-state index is 0.0345. The number of hydrogen-bond donors (Lipinski definition) is 2. The Hall–Kier alpha value is -4.22. The molecule has 5 rings (SSSR count). The van der Waals surface area contributed by atoms with Crippen molar-refractivity contribution in [2.24, 2.45) is 0 Å². The second kappa shape index (κ2) is 13.4. The maximum atomic E-state index is 12.9. The van der Waals surface area contributed by atoms with Gasteiger partial charge in [-0.2, -0.15) is 0 Å². The molecule has 1 aliphatic rings. The van der Waals surface area contributed by atoms with E-state index in [9.17, 15) is 14.7 Å². The lowest BCUT2D eigenvalue weighted by atomic mass is 9.79.